The average molecular weight is 579 g/mol. The van der Waals surface area contributed by atoms with Gasteiger partial charge >= 0.3 is 0 Å². The van der Waals surface area contributed by atoms with Gasteiger partial charge in [0.15, 0.2) is 0 Å². The molecule has 0 heterocycles. The number of nitrogens with zero attached hydrogens (tertiary/aromatic N) is 1. The second kappa shape index (κ2) is 19.7. The second-order valence-corrected chi connectivity index (χ2v) is 11.8. The van der Waals surface area contributed by atoms with Crippen molar-refractivity contribution in [3.8, 4) is 0 Å². The predicted octanol–water partition coefficient (Wildman–Crippen LogP) is 8.92. The van der Waals surface area contributed by atoms with E-state index in [1.165, 1.54) is 36.8 Å². The number of nitrogens with two attached hydrogens (primary N) is 1. The van der Waals surface area contributed by atoms with Crippen LogP contribution in [0, 0.1) is 23.7 Å². The van der Waals surface area contributed by atoms with Crippen LogP contribution in [0.4, 0.5) is 0 Å². The molecule has 4 N–H and O–H groups in total. The third kappa shape index (κ3) is 12.3. The largest absolute Gasteiger partial charge is 0.324 e. The van der Waals surface area contributed by atoms with Gasteiger partial charge in [-0.15, -0.1) is 13.2 Å². The summed E-state index contributed by atoms with van der Waals surface area (Å²) in [5.74, 6) is 1.66. The minimum absolute atomic E-state index is 0.0940. The first-order valence-electron chi connectivity index (χ1n) is 16.1. The lowest BCUT2D eigenvalue weighted by Gasteiger charge is -2.33. The van der Waals surface area contributed by atoms with Crippen molar-refractivity contribution in [1.29, 1.82) is 0 Å². The van der Waals surface area contributed by atoms with E-state index in [0.29, 0.717) is 24.3 Å². The van der Waals surface area contributed by atoms with Crippen LogP contribution in [-0.4, -0.2) is 18.8 Å². The van der Waals surface area contributed by atoms with Gasteiger partial charge in [-0.2, -0.15) is 0 Å². The molecule has 0 spiro atoms. The molecule has 0 fully saturated rings. The van der Waals surface area contributed by atoms with E-state index in [-0.39, 0.29) is 12.0 Å². The van der Waals surface area contributed by atoms with Gasteiger partial charge < -0.3 is 11.2 Å². The Kier molecular flexibility index (Phi) is 15.6. The highest BCUT2D eigenvalue weighted by atomic mass is 15.4. The topological polar surface area (TPSA) is 62.4 Å². The zero-order chi connectivity index (χ0) is 30.7. The summed E-state index contributed by atoms with van der Waals surface area (Å²) in [6, 6.07) is -0.0940. The highest BCUT2D eigenvalue weighted by Gasteiger charge is 2.27. The number of aliphatic imine (C=N–C) groups is 1. The summed E-state index contributed by atoms with van der Waals surface area (Å²) >= 11 is 0. The first-order chi connectivity index (χ1) is 21.0. The molecule has 43 heavy (non-hydrogen) atoms. The summed E-state index contributed by atoms with van der Waals surface area (Å²) in [7, 11) is 0. The quantitative estimate of drug-likeness (QED) is 0.0500. The molecular formula is C39H54N4. The van der Waals surface area contributed by atoms with Gasteiger partial charge in [0.25, 0.3) is 0 Å². The third-order valence-electron chi connectivity index (χ3n) is 8.49. The summed E-state index contributed by atoms with van der Waals surface area (Å²) in [5.41, 5.74) is 18.4. The Morgan fingerprint density at radius 2 is 1.98 bits per heavy atom. The van der Waals surface area contributed by atoms with Crippen LogP contribution in [0.3, 0.4) is 0 Å². The van der Waals surface area contributed by atoms with E-state index < -0.39 is 0 Å². The maximum atomic E-state index is 6.58. The van der Waals surface area contributed by atoms with E-state index >= 15 is 0 Å². The van der Waals surface area contributed by atoms with Crippen molar-refractivity contribution in [3.05, 3.63) is 134 Å². The number of hydrogen-bond donors (Lipinski definition) is 3. The molecule has 0 amide bonds. The second-order valence-electron chi connectivity index (χ2n) is 11.8. The number of nitrogens with one attached hydrogen (secondary N) is 2. The number of hydrazine groups is 1. The van der Waals surface area contributed by atoms with Crippen molar-refractivity contribution in [2.45, 2.75) is 70.3 Å². The van der Waals surface area contributed by atoms with E-state index in [1.807, 2.05) is 18.2 Å². The summed E-state index contributed by atoms with van der Waals surface area (Å²) in [5, 5.41) is 0. The highest BCUT2D eigenvalue weighted by Crippen LogP contribution is 2.41. The molecule has 0 aromatic carbocycles. The Morgan fingerprint density at radius 1 is 1.12 bits per heavy atom. The minimum Gasteiger partial charge on any atom is -0.324 e. The van der Waals surface area contributed by atoms with Crippen LogP contribution in [0.1, 0.15) is 64.2 Å². The Bertz CT molecular complexity index is 1170. The van der Waals surface area contributed by atoms with E-state index in [2.05, 4.69) is 96.8 Å². The van der Waals surface area contributed by atoms with E-state index in [9.17, 15) is 0 Å². The maximum absolute atomic E-state index is 6.58. The van der Waals surface area contributed by atoms with Gasteiger partial charge in [0.1, 0.15) is 0 Å². The molecular weight excluding hydrogens is 524 g/mol. The van der Waals surface area contributed by atoms with Crippen LogP contribution in [0.5, 0.6) is 0 Å². The summed E-state index contributed by atoms with van der Waals surface area (Å²) in [6.45, 7) is 16.4. The highest BCUT2D eigenvalue weighted by molar-refractivity contribution is 5.70. The third-order valence-corrected chi connectivity index (χ3v) is 8.49. The molecule has 4 heteroatoms. The average Bonchev–Trinajstić information content (AvgIpc) is 3.03. The van der Waals surface area contributed by atoms with Crippen LogP contribution < -0.4 is 16.6 Å². The first kappa shape index (κ1) is 34.0. The van der Waals surface area contributed by atoms with Gasteiger partial charge in [-0.1, -0.05) is 103 Å². The summed E-state index contributed by atoms with van der Waals surface area (Å²) < 4.78 is 0. The summed E-state index contributed by atoms with van der Waals surface area (Å²) in [6.07, 6.45) is 43.4. The van der Waals surface area contributed by atoms with Crippen LogP contribution in [0.2, 0.25) is 0 Å². The van der Waals surface area contributed by atoms with Crippen LogP contribution in [0.15, 0.2) is 139 Å². The molecule has 0 aliphatic heterocycles. The molecule has 0 bridgehead atoms. The van der Waals surface area contributed by atoms with E-state index in [4.69, 9.17) is 5.73 Å². The molecule has 0 aromatic heterocycles. The van der Waals surface area contributed by atoms with Gasteiger partial charge in [-0.3, -0.25) is 4.99 Å². The lowest BCUT2D eigenvalue weighted by atomic mass is 9.72. The molecule has 0 saturated heterocycles. The maximum Gasteiger partial charge on any atom is 0.0412 e. The fraction of sp³-hybridized carbons (Fsp3) is 0.410. The summed E-state index contributed by atoms with van der Waals surface area (Å²) in [4.78, 5) is 4.06. The van der Waals surface area contributed by atoms with Crippen molar-refractivity contribution >= 4 is 6.21 Å². The Hall–Kier alpha value is -3.47. The Balaban J connectivity index is 1.43. The normalized spacial score (nSPS) is 24.1. The zero-order valence-electron chi connectivity index (χ0n) is 26.2. The number of unbranched alkanes of at least 4 members (excludes halogenated alkanes) is 1. The number of rotatable bonds is 18. The van der Waals surface area contributed by atoms with E-state index in [0.717, 1.165) is 44.2 Å². The van der Waals surface area contributed by atoms with Crippen LogP contribution in [-0.2, 0) is 0 Å². The number of fused-ring (bicyclic) bond motifs is 1. The van der Waals surface area contributed by atoms with Crippen molar-refractivity contribution in [2.75, 3.05) is 6.54 Å². The molecule has 4 nitrogen and oxygen atoms in total. The van der Waals surface area contributed by atoms with Gasteiger partial charge in [-0.25, -0.2) is 5.43 Å². The van der Waals surface area contributed by atoms with Gasteiger partial charge in [0.2, 0.25) is 0 Å². The van der Waals surface area contributed by atoms with Crippen molar-refractivity contribution in [2.24, 2.45) is 34.4 Å². The Labute approximate surface area is 261 Å². The van der Waals surface area contributed by atoms with Gasteiger partial charge in [-0.05, 0) is 82.1 Å². The lowest BCUT2D eigenvalue weighted by Crippen LogP contribution is -2.40. The van der Waals surface area contributed by atoms with Crippen LogP contribution in [0.25, 0.3) is 0 Å². The molecule has 3 aliphatic carbocycles. The SMILES string of the molecule is C=C/C=N\C=C\CC/C=C\C(=C)NNC[C@H](C=C)C(N)/C=C/C1CC=C2CC(/C(=C/C3=CCCCC3)CC=C)C=CC2C1. The molecule has 4 unspecified atom stereocenters. The smallest absolute Gasteiger partial charge is 0.0412 e. The van der Waals surface area contributed by atoms with Crippen LogP contribution >= 0.6 is 0 Å². The predicted molar refractivity (Wildman–Crippen MR) is 188 cm³/mol. The van der Waals surface area contributed by atoms with Crippen molar-refractivity contribution in [3.63, 3.8) is 0 Å². The molecule has 0 radical (unpaired) electrons. The van der Waals surface area contributed by atoms with Gasteiger partial charge in [0.05, 0.1) is 0 Å². The molecule has 5 atom stereocenters. The standard InChI is InChI=1S/C39H54N4/c1-5-15-35(27-32-17-12-10-13-18-32)38-23-22-36-28-33(19-21-37(36)29-38)20-24-39(40)34(7-3)30-42-43-31(4)16-11-8-9-14-26-41-25-6-2/h5-7,11,14,16-17,20-27,33-34,36,38-39,42-43H,1-4,8-10,12-13,15,18-19,28-30,40H2/b16-11-,24-20+,26-14+,35-27+,41-25-/t33?,34-,36?,38?,39?/m0/s1. The minimum atomic E-state index is -0.0940. The first-order valence-corrected chi connectivity index (χ1v) is 16.1. The molecule has 0 saturated carbocycles. The van der Waals surface area contributed by atoms with Crippen molar-refractivity contribution in [1.82, 2.24) is 10.9 Å². The fourth-order valence-electron chi connectivity index (χ4n) is 5.98. The number of hydrogen-bond acceptors (Lipinski definition) is 4. The zero-order valence-corrected chi connectivity index (χ0v) is 26.2. The lowest BCUT2D eigenvalue weighted by molar-refractivity contribution is 0.455. The van der Waals surface area contributed by atoms with Gasteiger partial charge in [0, 0.05) is 42.5 Å². The monoisotopic (exact) mass is 578 g/mol. The number of allylic oxidation sites excluding steroid dienone is 14. The molecule has 3 aliphatic rings. The molecule has 0 aromatic rings. The van der Waals surface area contributed by atoms with Crippen molar-refractivity contribution < 1.29 is 0 Å². The Morgan fingerprint density at radius 3 is 2.74 bits per heavy atom. The molecule has 230 valence electrons. The van der Waals surface area contributed by atoms with E-state index in [1.54, 1.807) is 24.1 Å². The molecule has 3 rings (SSSR count). The fourth-order valence-corrected chi connectivity index (χ4v) is 5.98.